The summed E-state index contributed by atoms with van der Waals surface area (Å²) in [6.07, 6.45) is 8.36. The minimum Gasteiger partial charge on any atom is -0.363 e. The normalized spacial score (nSPS) is 19.5. The summed E-state index contributed by atoms with van der Waals surface area (Å²) in [6, 6.07) is 6.76. The number of anilines is 2. The van der Waals surface area contributed by atoms with E-state index in [1.165, 1.54) is 4.88 Å². The van der Waals surface area contributed by atoms with E-state index in [1.807, 2.05) is 25.1 Å². The number of amides is 1. The monoisotopic (exact) mass is 387 g/mol. The summed E-state index contributed by atoms with van der Waals surface area (Å²) in [5.74, 6) is 1.77. The summed E-state index contributed by atoms with van der Waals surface area (Å²) < 4.78 is 0. The van der Waals surface area contributed by atoms with Gasteiger partial charge in [-0.15, -0.1) is 11.3 Å². The highest BCUT2D eigenvalue weighted by Gasteiger charge is 2.22. The molecule has 1 saturated carbocycles. The van der Waals surface area contributed by atoms with Crippen LogP contribution in [0.1, 0.15) is 43.4 Å². The second-order valence-electron chi connectivity index (χ2n) is 7.33. The van der Waals surface area contributed by atoms with Crippen LogP contribution in [0.2, 0.25) is 0 Å². The molecule has 0 spiro atoms. The van der Waals surface area contributed by atoms with Gasteiger partial charge in [-0.1, -0.05) is 6.07 Å². The lowest BCUT2D eigenvalue weighted by Gasteiger charge is -2.29. The topological polar surface area (TPSA) is 70.2 Å². The first-order valence-corrected chi connectivity index (χ1v) is 10.6. The van der Waals surface area contributed by atoms with E-state index in [4.69, 9.17) is 0 Å². The third kappa shape index (κ3) is 6.20. The molecule has 1 aliphatic carbocycles. The van der Waals surface area contributed by atoms with Gasteiger partial charge in [-0.2, -0.15) is 4.98 Å². The second-order valence-corrected chi connectivity index (χ2v) is 8.36. The summed E-state index contributed by atoms with van der Waals surface area (Å²) in [5, 5.41) is 8.73. The van der Waals surface area contributed by atoms with Gasteiger partial charge >= 0.3 is 0 Å². The highest BCUT2D eigenvalue weighted by atomic mass is 32.1. The van der Waals surface area contributed by atoms with Crippen LogP contribution in [-0.4, -0.2) is 42.1 Å². The zero-order valence-corrected chi connectivity index (χ0v) is 17.0. The largest absolute Gasteiger partial charge is 0.363 e. The summed E-state index contributed by atoms with van der Waals surface area (Å²) in [4.78, 5) is 24.3. The van der Waals surface area contributed by atoms with Crippen molar-refractivity contribution in [3.63, 3.8) is 0 Å². The van der Waals surface area contributed by atoms with Crippen molar-refractivity contribution in [2.24, 2.45) is 0 Å². The third-order valence-corrected chi connectivity index (χ3v) is 5.87. The molecule has 0 unspecified atom stereocenters. The molecule has 6 nitrogen and oxygen atoms in total. The predicted octanol–water partition coefficient (Wildman–Crippen LogP) is 3.47. The Kier molecular flexibility index (Phi) is 7.04. The molecule has 3 rings (SSSR count). The number of hydrogen-bond donors (Lipinski definition) is 2. The molecule has 0 radical (unpaired) electrons. The van der Waals surface area contributed by atoms with Gasteiger partial charge in [0.25, 0.3) is 0 Å². The fourth-order valence-electron chi connectivity index (χ4n) is 3.41. The Bertz CT molecular complexity index is 711. The van der Waals surface area contributed by atoms with Gasteiger partial charge in [0.05, 0.1) is 0 Å². The summed E-state index contributed by atoms with van der Waals surface area (Å²) in [6.45, 7) is 0. The van der Waals surface area contributed by atoms with Gasteiger partial charge in [0.2, 0.25) is 11.9 Å². The van der Waals surface area contributed by atoms with Crippen molar-refractivity contribution >= 4 is 29.0 Å². The van der Waals surface area contributed by atoms with E-state index in [0.717, 1.165) is 44.3 Å². The molecule has 1 fully saturated rings. The van der Waals surface area contributed by atoms with Gasteiger partial charge in [-0.05, 0) is 56.0 Å². The molecule has 0 aliphatic heterocycles. The standard InChI is InChI=1S/C20H29N5OS/c1-25(2)18-12-13-21-20(24-18)23-16-10-8-15(9-11-16)22-19(26)7-3-5-17-6-4-14-27-17/h4,6,12-16H,3,5,7-11H2,1-2H3,(H,22,26)(H,21,23,24). The van der Waals surface area contributed by atoms with Crippen molar-refractivity contribution in [2.45, 2.75) is 57.0 Å². The quantitative estimate of drug-likeness (QED) is 0.726. The van der Waals surface area contributed by atoms with Gasteiger partial charge < -0.3 is 15.5 Å². The zero-order chi connectivity index (χ0) is 19.1. The van der Waals surface area contributed by atoms with Crippen molar-refractivity contribution in [3.8, 4) is 0 Å². The Balaban J connectivity index is 1.36. The SMILES string of the molecule is CN(C)c1ccnc(NC2CCC(NC(=O)CCCc3cccs3)CC2)n1. The van der Waals surface area contributed by atoms with E-state index in [2.05, 4.69) is 38.1 Å². The lowest BCUT2D eigenvalue weighted by Crippen LogP contribution is -2.40. The lowest BCUT2D eigenvalue weighted by atomic mass is 9.91. The first-order valence-electron chi connectivity index (χ1n) is 9.69. The van der Waals surface area contributed by atoms with Crippen LogP contribution in [0.25, 0.3) is 0 Å². The van der Waals surface area contributed by atoms with Gasteiger partial charge in [-0.25, -0.2) is 4.98 Å². The maximum absolute atomic E-state index is 12.2. The van der Waals surface area contributed by atoms with E-state index in [9.17, 15) is 4.79 Å². The Hall–Kier alpha value is -2.15. The predicted molar refractivity (Wildman–Crippen MR) is 111 cm³/mol. The Morgan fingerprint density at radius 1 is 1.22 bits per heavy atom. The van der Waals surface area contributed by atoms with Crippen LogP contribution in [0.15, 0.2) is 29.8 Å². The van der Waals surface area contributed by atoms with E-state index >= 15 is 0 Å². The van der Waals surface area contributed by atoms with Crippen LogP contribution in [0, 0.1) is 0 Å². The van der Waals surface area contributed by atoms with Crippen LogP contribution in [0.3, 0.4) is 0 Å². The number of nitrogens with zero attached hydrogens (tertiary/aromatic N) is 3. The maximum Gasteiger partial charge on any atom is 0.224 e. The maximum atomic E-state index is 12.2. The van der Waals surface area contributed by atoms with Crippen LogP contribution in [0.4, 0.5) is 11.8 Å². The number of carbonyl (C=O) groups is 1. The highest BCUT2D eigenvalue weighted by Crippen LogP contribution is 2.22. The lowest BCUT2D eigenvalue weighted by molar-refractivity contribution is -0.122. The first-order chi connectivity index (χ1) is 13.1. The molecule has 0 saturated heterocycles. The number of aryl methyl sites for hydroxylation is 1. The van der Waals surface area contributed by atoms with Gasteiger partial charge in [0.1, 0.15) is 5.82 Å². The third-order valence-electron chi connectivity index (χ3n) is 4.93. The number of hydrogen-bond acceptors (Lipinski definition) is 6. The number of rotatable bonds is 8. The van der Waals surface area contributed by atoms with Gasteiger partial charge in [0, 0.05) is 43.7 Å². The molecule has 27 heavy (non-hydrogen) atoms. The molecule has 2 aromatic heterocycles. The second kappa shape index (κ2) is 9.69. The molecule has 2 heterocycles. The molecule has 2 N–H and O–H groups in total. The Labute approximate surface area is 165 Å². The van der Waals surface area contributed by atoms with Crippen molar-refractivity contribution in [3.05, 3.63) is 34.7 Å². The molecule has 0 bridgehead atoms. The molecule has 1 aliphatic rings. The Morgan fingerprint density at radius 2 is 2.00 bits per heavy atom. The van der Waals surface area contributed by atoms with Crippen LogP contribution in [-0.2, 0) is 11.2 Å². The number of nitrogens with one attached hydrogen (secondary N) is 2. The first kappa shape index (κ1) is 19.6. The minimum atomic E-state index is 0.185. The molecule has 0 aromatic carbocycles. The summed E-state index contributed by atoms with van der Waals surface area (Å²) in [5.41, 5.74) is 0. The average molecular weight is 388 g/mol. The molecule has 0 atom stereocenters. The van der Waals surface area contributed by atoms with E-state index < -0.39 is 0 Å². The fourth-order valence-corrected chi connectivity index (χ4v) is 4.16. The van der Waals surface area contributed by atoms with Crippen molar-refractivity contribution in [1.82, 2.24) is 15.3 Å². The molecule has 1 amide bonds. The summed E-state index contributed by atoms with van der Waals surface area (Å²) in [7, 11) is 3.95. The average Bonchev–Trinajstić information content (AvgIpc) is 3.17. The number of carbonyl (C=O) groups excluding carboxylic acids is 1. The fraction of sp³-hybridized carbons (Fsp3) is 0.550. The smallest absolute Gasteiger partial charge is 0.224 e. The van der Waals surface area contributed by atoms with Crippen molar-refractivity contribution < 1.29 is 4.79 Å². The molecular weight excluding hydrogens is 358 g/mol. The van der Waals surface area contributed by atoms with E-state index in [0.29, 0.717) is 24.5 Å². The highest BCUT2D eigenvalue weighted by molar-refractivity contribution is 7.09. The molecule has 2 aromatic rings. The Morgan fingerprint density at radius 3 is 2.70 bits per heavy atom. The van der Waals surface area contributed by atoms with Crippen LogP contribution < -0.4 is 15.5 Å². The molecule has 146 valence electrons. The minimum absolute atomic E-state index is 0.185. The number of aromatic nitrogens is 2. The molecule has 7 heteroatoms. The van der Waals surface area contributed by atoms with Crippen LogP contribution in [0.5, 0.6) is 0 Å². The molecular formula is C20H29N5OS. The van der Waals surface area contributed by atoms with E-state index in [1.54, 1.807) is 17.5 Å². The van der Waals surface area contributed by atoms with Gasteiger partial charge in [-0.3, -0.25) is 4.79 Å². The van der Waals surface area contributed by atoms with Crippen LogP contribution >= 0.6 is 11.3 Å². The zero-order valence-electron chi connectivity index (χ0n) is 16.1. The van der Waals surface area contributed by atoms with Crippen molar-refractivity contribution in [1.29, 1.82) is 0 Å². The number of thiophene rings is 1. The van der Waals surface area contributed by atoms with Gasteiger partial charge in [0.15, 0.2) is 0 Å². The van der Waals surface area contributed by atoms with E-state index in [-0.39, 0.29) is 5.91 Å². The van der Waals surface area contributed by atoms with Crippen molar-refractivity contribution in [2.75, 3.05) is 24.3 Å². The summed E-state index contributed by atoms with van der Waals surface area (Å²) >= 11 is 1.76.